The minimum atomic E-state index is 0.306. The predicted octanol–water partition coefficient (Wildman–Crippen LogP) is 4.08. The summed E-state index contributed by atoms with van der Waals surface area (Å²) in [6.45, 7) is 3.79. The van der Waals surface area contributed by atoms with Gasteiger partial charge in [0.1, 0.15) is 0 Å². The lowest BCUT2D eigenvalue weighted by Gasteiger charge is -2.09. The Morgan fingerprint density at radius 1 is 1.05 bits per heavy atom. The minimum absolute atomic E-state index is 0.306. The molecule has 0 saturated heterocycles. The van der Waals surface area contributed by atoms with Crippen LogP contribution in [0.1, 0.15) is 24.1 Å². The largest absolute Gasteiger partial charge is 0.432 e. The summed E-state index contributed by atoms with van der Waals surface area (Å²) in [5.74, 6) is 1.03. The molecule has 21 heavy (non-hydrogen) atoms. The Labute approximate surface area is 130 Å². The van der Waals surface area contributed by atoms with E-state index in [-0.39, 0.29) is 0 Å². The van der Waals surface area contributed by atoms with Crippen LogP contribution in [0, 0.1) is 0 Å². The van der Waals surface area contributed by atoms with Crippen LogP contribution in [-0.4, -0.2) is 22.2 Å². The van der Waals surface area contributed by atoms with Gasteiger partial charge in [-0.25, -0.2) is 0 Å². The van der Waals surface area contributed by atoms with Crippen LogP contribution in [0.4, 0.5) is 0 Å². The summed E-state index contributed by atoms with van der Waals surface area (Å²) < 4.78 is 8.34. The molecule has 108 valence electrons. The molecule has 0 N–H and O–H groups in total. The van der Waals surface area contributed by atoms with Crippen LogP contribution < -0.4 is 0 Å². The van der Waals surface area contributed by atoms with Crippen molar-refractivity contribution in [1.82, 2.24) is 0 Å². The van der Waals surface area contributed by atoms with Gasteiger partial charge in [-0.15, -0.1) is 0 Å². The average molecular weight is 298 g/mol. The van der Waals surface area contributed by atoms with Crippen LogP contribution in [0.15, 0.2) is 60.7 Å². The molecule has 0 fully saturated rings. The lowest BCUT2D eigenvalue weighted by Crippen LogP contribution is -2.18. The maximum absolute atomic E-state index is 5.95. The average Bonchev–Trinajstić information content (AvgIpc) is 2.92. The van der Waals surface area contributed by atoms with Crippen LogP contribution in [0.25, 0.3) is 0 Å². The SMILES string of the molecule is CCSC1=[N+](Cc2ccccc2)[C@H](c2ccccc2)CO1. The fourth-order valence-corrected chi connectivity index (χ4v) is 3.36. The Morgan fingerprint density at radius 3 is 2.38 bits per heavy atom. The van der Waals surface area contributed by atoms with Crippen LogP contribution in [0.3, 0.4) is 0 Å². The van der Waals surface area contributed by atoms with E-state index in [1.807, 2.05) is 0 Å². The van der Waals surface area contributed by atoms with Crippen molar-refractivity contribution < 1.29 is 9.31 Å². The molecule has 3 heteroatoms. The fourth-order valence-electron chi connectivity index (χ4n) is 2.60. The first-order valence-corrected chi connectivity index (χ1v) is 8.35. The molecule has 0 bridgehead atoms. The molecule has 0 spiro atoms. The minimum Gasteiger partial charge on any atom is -0.432 e. The molecule has 1 heterocycles. The number of thioether (sulfide) groups is 1. The molecule has 0 saturated carbocycles. The second kappa shape index (κ2) is 6.81. The monoisotopic (exact) mass is 298 g/mol. The van der Waals surface area contributed by atoms with E-state index in [0.717, 1.165) is 24.1 Å². The van der Waals surface area contributed by atoms with Crippen molar-refractivity contribution in [2.45, 2.75) is 19.5 Å². The van der Waals surface area contributed by atoms with Gasteiger partial charge in [0.05, 0.1) is 0 Å². The molecule has 3 rings (SSSR count). The van der Waals surface area contributed by atoms with E-state index in [1.54, 1.807) is 11.8 Å². The molecule has 0 unspecified atom stereocenters. The van der Waals surface area contributed by atoms with Gasteiger partial charge in [0, 0.05) is 16.9 Å². The van der Waals surface area contributed by atoms with E-state index < -0.39 is 0 Å². The first-order chi connectivity index (χ1) is 10.4. The Balaban J connectivity index is 1.91. The zero-order chi connectivity index (χ0) is 14.5. The summed E-state index contributed by atoms with van der Waals surface area (Å²) in [5.41, 5.74) is 2.64. The van der Waals surface area contributed by atoms with Crippen LogP contribution in [0.2, 0.25) is 0 Å². The normalized spacial score (nSPS) is 17.9. The molecular weight excluding hydrogens is 278 g/mol. The number of nitrogens with zero attached hydrogens (tertiary/aromatic N) is 1. The molecular formula is C18H20NOS+. The van der Waals surface area contributed by atoms with Gasteiger partial charge >= 0.3 is 5.23 Å². The Kier molecular flexibility index (Phi) is 4.61. The van der Waals surface area contributed by atoms with Gasteiger partial charge in [0.2, 0.25) is 6.04 Å². The van der Waals surface area contributed by atoms with Crippen molar-refractivity contribution in [2.24, 2.45) is 0 Å². The van der Waals surface area contributed by atoms with E-state index in [0.29, 0.717) is 6.04 Å². The summed E-state index contributed by atoms with van der Waals surface area (Å²) in [5, 5.41) is 1.05. The first kappa shape index (κ1) is 14.2. The van der Waals surface area contributed by atoms with Crippen molar-refractivity contribution >= 4 is 17.0 Å². The van der Waals surface area contributed by atoms with Gasteiger partial charge in [-0.05, 0) is 11.8 Å². The summed E-state index contributed by atoms with van der Waals surface area (Å²) in [7, 11) is 0. The van der Waals surface area contributed by atoms with Crippen molar-refractivity contribution in [3.63, 3.8) is 0 Å². The summed E-state index contributed by atoms with van der Waals surface area (Å²) in [6.07, 6.45) is 0. The molecule has 1 aliphatic rings. The number of hydrogen-bond acceptors (Lipinski definition) is 2. The number of rotatable bonds is 4. The van der Waals surface area contributed by atoms with Crippen molar-refractivity contribution in [2.75, 3.05) is 12.4 Å². The topological polar surface area (TPSA) is 12.2 Å². The number of benzene rings is 2. The fraction of sp³-hybridized carbons (Fsp3) is 0.278. The van der Waals surface area contributed by atoms with Crippen molar-refractivity contribution in [3.05, 3.63) is 71.8 Å². The summed E-state index contributed by atoms with van der Waals surface area (Å²) in [4.78, 5) is 0. The van der Waals surface area contributed by atoms with Crippen LogP contribution >= 0.6 is 11.8 Å². The highest BCUT2D eigenvalue weighted by Crippen LogP contribution is 2.27. The maximum Gasteiger partial charge on any atom is 0.401 e. The first-order valence-electron chi connectivity index (χ1n) is 7.36. The Morgan fingerprint density at radius 2 is 1.71 bits per heavy atom. The van der Waals surface area contributed by atoms with Gasteiger partial charge in [-0.1, -0.05) is 67.6 Å². The van der Waals surface area contributed by atoms with Crippen molar-refractivity contribution in [3.8, 4) is 0 Å². The molecule has 2 nitrogen and oxygen atoms in total. The van der Waals surface area contributed by atoms with Crippen molar-refractivity contribution in [1.29, 1.82) is 0 Å². The Bertz CT molecular complexity index is 610. The standard InChI is InChI=1S/C18H20NOS/c1-2-21-18-19(13-15-9-5-3-6-10-15)17(14-20-18)16-11-7-4-8-12-16/h3-12,17H,2,13-14H2,1H3/q+1/t17-/m0/s1. The zero-order valence-electron chi connectivity index (χ0n) is 12.2. The maximum atomic E-state index is 5.95. The lowest BCUT2D eigenvalue weighted by molar-refractivity contribution is -0.575. The lowest BCUT2D eigenvalue weighted by atomic mass is 10.1. The molecule has 0 aromatic heterocycles. The Hall–Kier alpha value is -1.74. The van der Waals surface area contributed by atoms with E-state index in [9.17, 15) is 0 Å². The third-order valence-corrected chi connectivity index (χ3v) is 4.51. The van der Waals surface area contributed by atoms with Gasteiger partial charge in [0.25, 0.3) is 0 Å². The summed E-state index contributed by atoms with van der Waals surface area (Å²) in [6, 6.07) is 21.5. The number of hydrogen-bond donors (Lipinski definition) is 0. The van der Waals surface area contributed by atoms with E-state index >= 15 is 0 Å². The molecule has 0 radical (unpaired) electrons. The highest BCUT2D eigenvalue weighted by molar-refractivity contribution is 8.13. The van der Waals surface area contributed by atoms with Gasteiger partial charge in [-0.3, -0.25) is 0 Å². The van der Waals surface area contributed by atoms with E-state index in [2.05, 4.69) is 72.2 Å². The zero-order valence-corrected chi connectivity index (χ0v) is 13.1. The third kappa shape index (κ3) is 3.30. The molecule has 0 amide bonds. The van der Waals surface area contributed by atoms with Crippen LogP contribution in [-0.2, 0) is 11.3 Å². The van der Waals surface area contributed by atoms with E-state index in [1.165, 1.54) is 11.1 Å². The van der Waals surface area contributed by atoms with E-state index in [4.69, 9.17) is 4.74 Å². The second-order valence-electron chi connectivity index (χ2n) is 5.05. The highest BCUT2D eigenvalue weighted by Gasteiger charge is 2.36. The molecule has 2 aromatic rings. The third-order valence-electron chi connectivity index (χ3n) is 3.62. The van der Waals surface area contributed by atoms with Gasteiger partial charge in [-0.2, -0.15) is 4.58 Å². The quantitative estimate of drug-likeness (QED) is 0.789. The summed E-state index contributed by atoms with van der Waals surface area (Å²) >= 11 is 1.79. The molecule has 2 aromatic carbocycles. The highest BCUT2D eigenvalue weighted by atomic mass is 32.2. The predicted molar refractivity (Wildman–Crippen MR) is 88.7 cm³/mol. The smallest absolute Gasteiger partial charge is 0.401 e. The second-order valence-corrected chi connectivity index (χ2v) is 6.27. The van der Waals surface area contributed by atoms with Crippen LogP contribution in [0.5, 0.6) is 0 Å². The molecule has 1 aliphatic heterocycles. The number of ether oxygens (including phenoxy) is 1. The van der Waals surface area contributed by atoms with Gasteiger partial charge in [0.15, 0.2) is 13.2 Å². The molecule has 1 atom stereocenters. The molecule has 0 aliphatic carbocycles. The van der Waals surface area contributed by atoms with Gasteiger partial charge < -0.3 is 4.74 Å².